The average Bonchev–Trinajstić information content (AvgIpc) is 3.32. The molecular formula is C22H20ClIN4O5S2. The van der Waals surface area contributed by atoms with E-state index < -0.39 is 27.8 Å². The van der Waals surface area contributed by atoms with Crippen molar-refractivity contribution in [2.24, 2.45) is 0 Å². The van der Waals surface area contributed by atoms with Crippen LogP contribution >= 0.6 is 45.5 Å². The number of aromatic nitrogens is 3. The smallest absolute Gasteiger partial charge is 0.413 e. The van der Waals surface area contributed by atoms with Crippen LogP contribution in [0.1, 0.15) is 37.3 Å². The van der Waals surface area contributed by atoms with Gasteiger partial charge in [-0.05, 0) is 61.6 Å². The van der Waals surface area contributed by atoms with E-state index in [0.29, 0.717) is 5.39 Å². The van der Waals surface area contributed by atoms with E-state index in [4.69, 9.17) is 16.3 Å². The van der Waals surface area contributed by atoms with Crippen molar-refractivity contribution >= 4 is 77.8 Å². The molecule has 9 nitrogen and oxygen atoms in total. The van der Waals surface area contributed by atoms with Crippen molar-refractivity contribution in [3.63, 3.8) is 0 Å². The number of hydrogen-bond donors (Lipinski definition) is 2. The fourth-order valence-electron chi connectivity index (χ4n) is 3.25. The molecule has 0 spiro atoms. The number of aliphatic hydroxyl groups is 1. The number of ether oxygens (including phenoxy) is 1. The Morgan fingerprint density at radius 1 is 1.29 bits per heavy atom. The third-order valence-electron chi connectivity index (χ3n) is 4.67. The highest BCUT2D eigenvalue weighted by molar-refractivity contribution is 14.1. The van der Waals surface area contributed by atoms with Gasteiger partial charge in [-0.15, -0.1) is 0 Å². The Labute approximate surface area is 224 Å². The van der Waals surface area contributed by atoms with Crippen LogP contribution in [0.5, 0.6) is 0 Å². The standard InChI is InChI=1S/C22H20ClIN4O5S2/c1-22(2,3)33-21(30)27-20-26-18(23)17(34-20)16(29)15-11-28(19-14(15)9-12(24)10-25-19)35(31,32)13-7-5-4-6-8-13/h4-11,16,29H,1-3H3,(H,26,27,30). The Hall–Kier alpha value is -2.26. The molecule has 0 radical (unpaired) electrons. The Bertz CT molecular complexity index is 1510. The van der Waals surface area contributed by atoms with E-state index in [9.17, 15) is 18.3 Å². The lowest BCUT2D eigenvalue weighted by Crippen LogP contribution is -2.27. The molecule has 2 N–H and O–H groups in total. The number of amides is 1. The van der Waals surface area contributed by atoms with Crippen molar-refractivity contribution in [3.05, 3.63) is 68.0 Å². The normalized spacial score (nSPS) is 13.1. The molecule has 4 rings (SSSR count). The lowest BCUT2D eigenvalue weighted by Gasteiger charge is -2.18. The number of nitrogens with zero attached hydrogens (tertiary/aromatic N) is 3. The van der Waals surface area contributed by atoms with Crippen LogP contribution in [0, 0.1) is 3.57 Å². The summed E-state index contributed by atoms with van der Waals surface area (Å²) in [5, 5.41) is 14.3. The van der Waals surface area contributed by atoms with Crippen molar-refractivity contribution in [3.8, 4) is 0 Å². The van der Waals surface area contributed by atoms with Crippen LogP contribution in [0.15, 0.2) is 53.7 Å². The highest BCUT2D eigenvalue weighted by Crippen LogP contribution is 2.39. The summed E-state index contributed by atoms with van der Waals surface area (Å²) in [7, 11) is -3.99. The summed E-state index contributed by atoms with van der Waals surface area (Å²) in [6, 6.07) is 9.67. The Morgan fingerprint density at radius 2 is 1.97 bits per heavy atom. The van der Waals surface area contributed by atoms with Gasteiger partial charge in [0.25, 0.3) is 10.0 Å². The second-order valence-electron chi connectivity index (χ2n) is 8.43. The number of halogens is 2. The summed E-state index contributed by atoms with van der Waals surface area (Å²) < 4.78 is 33.7. The molecule has 35 heavy (non-hydrogen) atoms. The van der Waals surface area contributed by atoms with E-state index in [0.717, 1.165) is 18.9 Å². The van der Waals surface area contributed by atoms with Crippen LogP contribution in [0.25, 0.3) is 11.0 Å². The number of pyridine rings is 1. The number of thiazole rings is 1. The summed E-state index contributed by atoms with van der Waals surface area (Å²) in [4.78, 5) is 20.8. The number of nitrogens with one attached hydrogen (secondary N) is 1. The van der Waals surface area contributed by atoms with Crippen molar-refractivity contribution in [1.82, 2.24) is 13.9 Å². The minimum absolute atomic E-state index is 0.0287. The SMILES string of the molecule is CC(C)(C)OC(=O)Nc1nc(Cl)c(C(O)c2cn(S(=O)(=O)c3ccccc3)c3ncc(I)cc23)s1. The zero-order chi connectivity index (χ0) is 25.5. The molecule has 0 aliphatic heterocycles. The van der Waals surface area contributed by atoms with Crippen molar-refractivity contribution in [2.45, 2.75) is 37.4 Å². The van der Waals surface area contributed by atoms with E-state index >= 15 is 0 Å². The number of carbonyl (C=O) groups is 1. The van der Waals surface area contributed by atoms with Gasteiger partial charge in [0.05, 0.1) is 9.77 Å². The first-order valence-electron chi connectivity index (χ1n) is 10.2. The highest BCUT2D eigenvalue weighted by atomic mass is 127. The third kappa shape index (κ3) is 5.45. The second-order valence-corrected chi connectivity index (χ2v) is 12.9. The van der Waals surface area contributed by atoms with Crippen LogP contribution in [0.2, 0.25) is 5.15 Å². The maximum atomic E-state index is 13.4. The van der Waals surface area contributed by atoms with Crippen LogP contribution in [0.4, 0.5) is 9.93 Å². The molecule has 0 aliphatic rings. The van der Waals surface area contributed by atoms with E-state index in [1.54, 1.807) is 51.2 Å². The van der Waals surface area contributed by atoms with Gasteiger partial charge in [-0.1, -0.05) is 41.1 Å². The molecule has 1 aromatic carbocycles. The van der Waals surface area contributed by atoms with Crippen LogP contribution < -0.4 is 5.32 Å². The molecule has 3 aromatic heterocycles. The summed E-state index contributed by atoms with van der Waals surface area (Å²) in [6.45, 7) is 5.18. The largest absolute Gasteiger partial charge is 0.444 e. The summed E-state index contributed by atoms with van der Waals surface area (Å²) in [5.74, 6) is 0. The van der Waals surface area contributed by atoms with E-state index in [1.165, 1.54) is 18.3 Å². The number of benzene rings is 1. The summed E-state index contributed by atoms with van der Waals surface area (Å²) in [5.41, 5.74) is -0.264. The number of anilines is 1. The first-order chi connectivity index (χ1) is 16.4. The Balaban J connectivity index is 1.76. The van der Waals surface area contributed by atoms with Crippen molar-refractivity contribution in [2.75, 3.05) is 5.32 Å². The molecule has 13 heteroatoms. The van der Waals surface area contributed by atoms with E-state index in [2.05, 4.69) is 37.9 Å². The van der Waals surface area contributed by atoms with Gasteiger partial charge in [0.1, 0.15) is 16.9 Å². The van der Waals surface area contributed by atoms with Gasteiger partial charge >= 0.3 is 6.09 Å². The number of fused-ring (bicyclic) bond motifs is 1. The van der Waals surface area contributed by atoms with Gasteiger partial charge in [-0.3, -0.25) is 5.32 Å². The molecule has 1 unspecified atom stereocenters. The van der Waals surface area contributed by atoms with Gasteiger partial charge in [-0.2, -0.15) is 0 Å². The number of rotatable bonds is 5. The molecular weight excluding hydrogens is 627 g/mol. The van der Waals surface area contributed by atoms with Gasteiger partial charge < -0.3 is 9.84 Å². The number of hydrogen-bond acceptors (Lipinski definition) is 8. The van der Waals surface area contributed by atoms with Gasteiger partial charge in [0.2, 0.25) is 0 Å². The molecule has 3 heterocycles. The van der Waals surface area contributed by atoms with E-state index in [1.807, 2.05) is 0 Å². The van der Waals surface area contributed by atoms with Gasteiger partial charge in [-0.25, -0.2) is 27.2 Å². The predicted octanol–water partition coefficient (Wildman–Crippen LogP) is 5.42. The molecule has 0 aliphatic carbocycles. The molecule has 1 atom stereocenters. The molecule has 4 aromatic rings. The van der Waals surface area contributed by atoms with Crippen molar-refractivity contribution < 1.29 is 23.1 Å². The molecule has 0 bridgehead atoms. The minimum Gasteiger partial charge on any atom is -0.444 e. The quantitative estimate of drug-likeness (QED) is 0.278. The lowest BCUT2D eigenvalue weighted by molar-refractivity contribution is 0.0636. The number of aliphatic hydroxyl groups excluding tert-OH is 1. The zero-order valence-corrected chi connectivity index (χ0v) is 23.2. The fraction of sp³-hybridized carbons (Fsp3) is 0.227. The van der Waals surface area contributed by atoms with Gasteiger partial charge in [0.15, 0.2) is 10.8 Å². The summed E-state index contributed by atoms with van der Waals surface area (Å²) >= 11 is 9.30. The predicted molar refractivity (Wildman–Crippen MR) is 143 cm³/mol. The second kappa shape index (κ2) is 9.65. The van der Waals surface area contributed by atoms with Crippen LogP contribution in [-0.2, 0) is 14.8 Å². The maximum Gasteiger partial charge on any atom is 0.413 e. The molecule has 0 saturated carbocycles. The Kier molecular flexibility index (Phi) is 7.12. The van der Waals surface area contributed by atoms with E-state index in [-0.39, 0.29) is 31.3 Å². The van der Waals surface area contributed by atoms with Crippen molar-refractivity contribution in [1.29, 1.82) is 0 Å². The van der Waals surface area contributed by atoms with Crippen LogP contribution in [-0.4, -0.2) is 39.2 Å². The zero-order valence-electron chi connectivity index (χ0n) is 18.7. The molecule has 0 fully saturated rings. The number of carbonyl (C=O) groups excluding carboxylic acids is 1. The monoisotopic (exact) mass is 646 g/mol. The lowest BCUT2D eigenvalue weighted by atomic mass is 10.1. The first-order valence-corrected chi connectivity index (χ1v) is 13.9. The minimum atomic E-state index is -3.99. The van der Waals surface area contributed by atoms with Crippen LogP contribution in [0.3, 0.4) is 0 Å². The average molecular weight is 647 g/mol. The molecule has 0 saturated heterocycles. The first kappa shape index (κ1) is 25.8. The topological polar surface area (TPSA) is 123 Å². The highest BCUT2D eigenvalue weighted by Gasteiger charge is 2.28. The maximum absolute atomic E-state index is 13.4. The molecule has 1 amide bonds. The fourth-order valence-corrected chi connectivity index (χ4v) is 6.26. The molecule has 184 valence electrons. The van der Waals surface area contributed by atoms with Gasteiger partial charge in [0, 0.05) is 26.9 Å². The summed E-state index contributed by atoms with van der Waals surface area (Å²) in [6.07, 6.45) is 0.827. The Morgan fingerprint density at radius 3 is 2.63 bits per heavy atom. The third-order valence-corrected chi connectivity index (χ3v) is 8.35.